The van der Waals surface area contributed by atoms with Crippen molar-refractivity contribution in [1.29, 1.82) is 10.5 Å². The highest BCUT2D eigenvalue weighted by Crippen LogP contribution is 2.19. The van der Waals surface area contributed by atoms with E-state index in [0.29, 0.717) is 0 Å². The molecule has 84 valence electrons. The fourth-order valence-electron chi connectivity index (χ4n) is 1.21. The Balaban J connectivity index is 4.33. The number of nitriles is 2. The molecule has 0 saturated heterocycles. The molecular weight excluding hydrogens is 226 g/mol. The maximum atomic E-state index is 9.22. The van der Waals surface area contributed by atoms with Crippen LogP contribution in [0.4, 0.5) is 0 Å². The van der Waals surface area contributed by atoms with Crippen molar-refractivity contribution in [2.24, 2.45) is 0 Å². The van der Waals surface area contributed by atoms with E-state index in [2.05, 4.69) is 11.4 Å². The van der Waals surface area contributed by atoms with E-state index >= 15 is 0 Å². The van der Waals surface area contributed by atoms with Gasteiger partial charge in [-0.2, -0.15) is 34.0 Å². The van der Waals surface area contributed by atoms with Crippen molar-refractivity contribution in [1.82, 2.24) is 5.32 Å². The second kappa shape index (κ2) is 8.91. The molecule has 0 aliphatic rings. The summed E-state index contributed by atoms with van der Waals surface area (Å²) in [6.07, 6.45) is 5.65. The fraction of sp³-hybridized carbons (Fsp3) is 0.800. The Hall–Kier alpha value is -0.360. The van der Waals surface area contributed by atoms with Crippen LogP contribution in [0.3, 0.4) is 0 Å². The van der Waals surface area contributed by atoms with E-state index < -0.39 is 5.54 Å². The molecule has 0 bridgehead atoms. The van der Waals surface area contributed by atoms with Gasteiger partial charge in [-0.05, 0) is 36.9 Å². The molecule has 0 saturated carbocycles. The molecule has 0 atom stereocenters. The Labute approximate surface area is 101 Å². The molecule has 0 spiro atoms. The maximum absolute atomic E-state index is 9.22. The molecule has 0 fully saturated rings. The van der Waals surface area contributed by atoms with Crippen LogP contribution < -0.4 is 5.32 Å². The van der Waals surface area contributed by atoms with E-state index in [-0.39, 0.29) is 6.54 Å². The van der Waals surface area contributed by atoms with Crippen molar-refractivity contribution >= 4 is 23.5 Å². The van der Waals surface area contributed by atoms with Crippen LogP contribution in [0.5, 0.6) is 0 Å². The highest BCUT2D eigenvalue weighted by atomic mass is 32.2. The van der Waals surface area contributed by atoms with Crippen LogP contribution in [-0.4, -0.2) is 36.1 Å². The Morgan fingerprint density at radius 3 is 2.00 bits per heavy atom. The van der Waals surface area contributed by atoms with Gasteiger partial charge in [-0.1, -0.05) is 0 Å². The molecule has 0 heterocycles. The SMILES string of the molecule is CSCCC(C#N)(CCSC)NCC#N. The molecular formula is C10H17N3S2. The molecule has 0 aromatic carbocycles. The number of nitrogens with one attached hydrogen (secondary N) is 1. The lowest BCUT2D eigenvalue weighted by Gasteiger charge is -2.26. The third-order valence-electron chi connectivity index (χ3n) is 2.19. The molecule has 3 nitrogen and oxygen atoms in total. The third kappa shape index (κ3) is 5.94. The van der Waals surface area contributed by atoms with Crippen LogP contribution in [-0.2, 0) is 0 Å². The van der Waals surface area contributed by atoms with Crippen LogP contribution >= 0.6 is 23.5 Å². The predicted octanol–water partition coefficient (Wildman–Crippen LogP) is 1.87. The van der Waals surface area contributed by atoms with E-state index in [4.69, 9.17) is 5.26 Å². The van der Waals surface area contributed by atoms with Crippen LogP contribution in [0.15, 0.2) is 0 Å². The summed E-state index contributed by atoms with van der Waals surface area (Å²) in [5, 5.41) is 20.8. The van der Waals surface area contributed by atoms with Crippen LogP contribution in [0, 0.1) is 22.7 Å². The van der Waals surface area contributed by atoms with Gasteiger partial charge in [0.1, 0.15) is 5.54 Å². The summed E-state index contributed by atoms with van der Waals surface area (Å²) >= 11 is 3.46. The van der Waals surface area contributed by atoms with Crippen molar-refractivity contribution in [2.75, 3.05) is 30.6 Å². The molecule has 1 N–H and O–H groups in total. The highest BCUT2D eigenvalue weighted by Gasteiger charge is 2.28. The summed E-state index contributed by atoms with van der Waals surface area (Å²) in [5.74, 6) is 1.89. The van der Waals surface area contributed by atoms with Crippen molar-refractivity contribution in [3.8, 4) is 12.1 Å². The molecule has 0 aromatic heterocycles. The lowest BCUT2D eigenvalue weighted by atomic mass is 9.94. The van der Waals surface area contributed by atoms with E-state index in [1.165, 1.54) is 0 Å². The zero-order valence-electron chi connectivity index (χ0n) is 9.25. The number of nitrogens with zero attached hydrogens (tertiary/aromatic N) is 2. The Bertz CT molecular complexity index is 234. The van der Waals surface area contributed by atoms with Crippen molar-refractivity contribution in [3.63, 3.8) is 0 Å². The topological polar surface area (TPSA) is 59.6 Å². The Morgan fingerprint density at radius 1 is 1.13 bits per heavy atom. The van der Waals surface area contributed by atoms with Gasteiger partial charge in [0.05, 0.1) is 18.7 Å². The number of hydrogen-bond donors (Lipinski definition) is 1. The van der Waals surface area contributed by atoms with E-state index in [1.54, 1.807) is 23.5 Å². The number of rotatable bonds is 8. The van der Waals surface area contributed by atoms with E-state index in [0.717, 1.165) is 24.3 Å². The maximum Gasteiger partial charge on any atom is 0.109 e. The van der Waals surface area contributed by atoms with Gasteiger partial charge in [-0.3, -0.25) is 5.32 Å². The van der Waals surface area contributed by atoms with Gasteiger partial charge >= 0.3 is 0 Å². The molecule has 5 heteroatoms. The van der Waals surface area contributed by atoms with Gasteiger partial charge in [0.15, 0.2) is 0 Å². The highest BCUT2D eigenvalue weighted by molar-refractivity contribution is 7.98. The zero-order chi connectivity index (χ0) is 11.6. The molecule has 0 aliphatic heterocycles. The minimum atomic E-state index is -0.512. The largest absolute Gasteiger partial charge is 0.287 e. The van der Waals surface area contributed by atoms with Crippen LogP contribution in [0.2, 0.25) is 0 Å². The summed E-state index contributed by atoms with van der Waals surface area (Å²) in [7, 11) is 0. The average Bonchev–Trinajstić information content (AvgIpc) is 2.29. The smallest absolute Gasteiger partial charge is 0.109 e. The summed E-state index contributed by atoms with van der Waals surface area (Å²) in [6, 6.07) is 4.37. The van der Waals surface area contributed by atoms with Gasteiger partial charge < -0.3 is 0 Å². The Morgan fingerprint density at radius 2 is 1.67 bits per heavy atom. The lowest BCUT2D eigenvalue weighted by Crippen LogP contribution is -2.45. The summed E-state index contributed by atoms with van der Waals surface area (Å²) in [4.78, 5) is 0. The monoisotopic (exact) mass is 243 g/mol. The first-order valence-electron chi connectivity index (χ1n) is 4.76. The van der Waals surface area contributed by atoms with Gasteiger partial charge in [0.2, 0.25) is 0 Å². The number of thioether (sulfide) groups is 2. The first-order chi connectivity index (χ1) is 7.24. The molecule has 0 amide bonds. The quantitative estimate of drug-likeness (QED) is 0.659. The lowest BCUT2D eigenvalue weighted by molar-refractivity contribution is 0.412. The molecule has 0 aromatic rings. The predicted molar refractivity (Wildman–Crippen MR) is 68.0 cm³/mol. The zero-order valence-corrected chi connectivity index (χ0v) is 10.9. The van der Waals surface area contributed by atoms with Crippen LogP contribution in [0.25, 0.3) is 0 Å². The standard InChI is InChI=1S/C10H17N3S2/c1-14-7-3-10(9-12,4-8-15-2)13-6-5-11/h13H,3-4,6-8H2,1-2H3. The molecule has 15 heavy (non-hydrogen) atoms. The van der Waals surface area contributed by atoms with Crippen molar-refractivity contribution in [3.05, 3.63) is 0 Å². The van der Waals surface area contributed by atoms with Gasteiger partial charge in [-0.25, -0.2) is 0 Å². The van der Waals surface area contributed by atoms with Crippen LogP contribution in [0.1, 0.15) is 12.8 Å². The van der Waals surface area contributed by atoms with Gasteiger partial charge in [-0.15, -0.1) is 0 Å². The fourth-order valence-corrected chi connectivity index (χ4v) is 2.32. The summed E-state index contributed by atoms with van der Waals surface area (Å²) < 4.78 is 0. The molecule has 0 aliphatic carbocycles. The first kappa shape index (κ1) is 14.6. The summed E-state index contributed by atoms with van der Waals surface area (Å²) in [6.45, 7) is 0.246. The van der Waals surface area contributed by atoms with Crippen molar-refractivity contribution < 1.29 is 0 Å². The minimum absolute atomic E-state index is 0.246. The molecule has 0 radical (unpaired) electrons. The molecule has 0 rings (SSSR count). The number of hydrogen-bond acceptors (Lipinski definition) is 5. The second-order valence-corrected chi connectivity index (χ2v) is 5.16. The van der Waals surface area contributed by atoms with Gasteiger partial charge in [0.25, 0.3) is 0 Å². The molecule has 0 unspecified atom stereocenters. The van der Waals surface area contributed by atoms with E-state index in [1.807, 2.05) is 18.6 Å². The van der Waals surface area contributed by atoms with Crippen molar-refractivity contribution in [2.45, 2.75) is 18.4 Å². The first-order valence-corrected chi connectivity index (χ1v) is 7.54. The average molecular weight is 243 g/mol. The summed E-state index contributed by atoms with van der Waals surface area (Å²) in [5.41, 5.74) is -0.512. The second-order valence-electron chi connectivity index (χ2n) is 3.19. The normalized spacial score (nSPS) is 10.7. The van der Waals surface area contributed by atoms with Gasteiger partial charge in [0, 0.05) is 0 Å². The van der Waals surface area contributed by atoms with E-state index in [9.17, 15) is 5.26 Å². The Kier molecular flexibility index (Phi) is 8.70. The minimum Gasteiger partial charge on any atom is -0.287 e. The third-order valence-corrected chi connectivity index (χ3v) is 3.41.